The summed E-state index contributed by atoms with van der Waals surface area (Å²) in [5, 5.41) is 0. The summed E-state index contributed by atoms with van der Waals surface area (Å²) in [7, 11) is 1.59. The minimum Gasteiger partial charge on any atom is -0.460 e. The number of halogens is 3. The zero-order valence-corrected chi connectivity index (χ0v) is 17.0. The van der Waals surface area contributed by atoms with Crippen LogP contribution in [-0.2, 0) is 12.6 Å². The number of rotatable bonds is 7. The molecule has 4 nitrogen and oxygen atoms in total. The van der Waals surface area contributed by atoms with Gasteiger partial charge in [-0.15, -0.1) is 0 Å². The Morgan fingerprint density at radius 2 is 1.79 bits per heavy atom. The topological polar surface area (TPSA) is 38.2 Å². The highest BCUT2D eigenvalue weighted by Gasteiger charge is 2.37. The van der Waals surface area contributed by atoms with Gasteiger partial charge in [-0.05, 0) is 56.2 Å². The largest absolute Gasteiger partial charge is 0.460 e. The third-order valence-corrected chi connectivity index (χ3v) is 5.34. The molecule has 1 aromatic heterocycles. The minimum absolute atomic E-state index is 0.00585. The van der Waals surface area contributed by atoms with E-state index >= 15 is 0 Å². The van der Waals surface area contributed by atoms with Crippen LogP contribution in [0.5, 0.6) is 6.01 Å². The first-order valence-corrected chi connectivity index (χ1v) is 10.3. The molecule has 0 saturated heterocycles. The molecule has 158 valence electrons. The number of hydrogen-bond donors (Lipinski definition) is 0. The summed E-state index contributed by atoms with van der Waals surface area (Å²) >= 11 is 0. The zero-order chi connectivity index (χ0) is 20.9. The first-order chi connectivity index (χ1) is 13.9. The maximum absolute atomic E-state index is 13.6. The normalized spacial score (nSPS) is 15.3. The van der Waals surface area contributed by atoms with Crippen LogP contribution < -0.4 is 9.64 Å². The predicted molar refractivity (Wildman–Crippen MR) is 108 cm³/mol. The van der Waals surface area contributed by atoms with Crippen LogP contribution >= 0.6 is 0 Å². The fourth-order valence-corrected chi connectivity index (χ4v) is 3.59. The lowest BCUT2D eigenvalue weighted by Crippen LogP contribution is -2.23. The van der Waals surface area contributed by atoms with E-state index in [1.807, 2.05) is 24.3 Å². The summed E-state index contributed by atoms with van der Waals surface area (Å²) in [6.45, 7) is 2.13. The molecule has 0 radical (unpaired) electrons. The highest BCUT2D eigenvalue weighted by atomic mass is 19.4. The Kier molecular flexibility index (Phi) is 6.98. The summed E-state index contributed by atoms with van der Waals surface area (Å²) in [6.07, 6.45) is 4.44. The van der Waals surface area contributed by atoms with Crippen molar-refractivity contribution in [2.24, 2.45) is 0 Å². The van der Waals surface area contributed by atoms with E-state index in [4.69, 9.17) is 4.74 Å². The number of anilines is 2. The third kappa shape index (κ3) is 5.61. The van der Waals surface area contributed by atoms with Crippen molar-refractivity contribution < 1.29 is 17.9 Å². The summed E-state index contributed by atoms with van der Waals surface area (Å²) in [4.78, 5) is 9.44. The molecule has 1 saturated carbocycles. The van der Waals surface area contributed by atoms with E-state index in [1.165, 1.54) is 10.5 Å². The van der Waals surface area contributed by atoms with E-state index in [2.05, 4.69) is 16.9 Å². The molecule has 0 N–H and O–H groups in total. The van der Waals surface area contributed by atoms with Crippen molar-refractivity contribution in [3.05, 3.63) is 41.6 Å². The van der Waals surface area contributed by atoms with Crippen molar-refractivity contribution in [1.82, 2.24) is 9.97 Å². The first-order valence-electron chi connectivity index (χ1n) is 10.3. The van der Waals surface area contributed by atoms with Crippen molar-refractivity contribution in [1.29, 1.82) is 0 Å². The van der Waals surface area contributed by atoms with Crippen molar-refractivity contribution in [3.8, 4) is 6.01 Å². The van der Waals surface area contributed by atoms with Gasteiger partial charge >= 0.3 is 12.2 Å². The molecule has 0 atom stereocenters. The number of alkyl halides is 3. The Balaban J connectivity index is 1.86. The number of benzene rings is 1. The molecule has 2 aromatic rings. The summed E-state index contributed by atoms with van der Waals surface area (Å²) in [5.74, 6) is -0.195. The second-order valence-electron chi connectivity index (χ2n) is 7.59. The number of ether oxygens (including phenoxy) is 1. The van der Waals surface area contributed by atoms with Crippen LogP contribution in [0.2, 0.25) is 0 Å². The third-order valence-electron chi connectivity index (χ3n) is 5.34. The van der Waals surface area contributed by atoms with E-state index < -0.39 is 11.7 Å². The van der Waals surface area contributed by atoms with Crippen molar-refractivity contribution in [2.45, 2.75) is 70.6 Å². The molecule has 29 heavy (non-hydrogen) atoms. The monoisotopic (exact) mass is 407 g/mol. The molecule has 1 aliphatic carbocycles. The number of aryl methyl sites for hydroxylation is 1. The Morgan fingerprint density at radius 3 is 2.41 bits per heavy atom. The second-order valence-corrected chi connectivity index (χ2v) is 7.59. The summed E-state index contributed by atoms with van der Waals surface area (Å²) in [5.41, 5.74) is 0.938. The maximum atomic E-state index is 13.6. The van der Waals surface area contributed by atoms with Crippen LogP contribution in [0.4, 0.5) is 24.7 Å². The number of nitrogens with zero attached hydrogens (tertiary/aromatic N) is 3. The van der Waals surface area contributed by atoms with Crippen LogP contribution in [0, 0.1) is 0 Å². The highest BCUT2D eigenvalue weighted by molar-refractivity contribution is 5.63. The minimum atomic E-state index is -4.55. The van der Waals surface area contributed by atoms with E-state index in [0.29, 0.717) is 5.69 Å². The van der Waals surface area contributed by atoms with Gasteiger partial charge in [0.15, 0.2) is 5.82 Å². The molecular weight excluding hydrogens is 379 g/mol. The Bertz CT molecular complexity index is 787. The van der Waals surface area contributed by atoms with Gasteiger partial charge < -0.3 is 9.64 Å². The molecule has 0 bridgehead atoms. The van der Waals surface area contributed by atoms with E-state index in [0.717, 1.165) is 57.6 Å². The van der Waals surface area contributed by atoms with Gasteiger partial charge in [-0.1, -0.05) is 31.9 Å². The van der Waals surface area contributed by atoms with Crippen LogP contribution in [0.15, 0.2) is 30.5 Å². The maximum Gasteiger partial charge on any atom is 0.421 e. The van der Waals surface area contributed by atoms with Gasteiger partial charge in [0.1, 0.15) is 11.7 Å². The zero-order valence-electron chi connectivity index (χ0n) is 17.0. The van der Waals surface area contributed by atoms with Gasteiger partial charge in [0.25, 0.3) is 0 Å². The van der Waals surface area contributed by atoms with Gasteiger partial charge in [0.2, 0.25) is 0 Å². The fraction of sp³-hybridized carbons (Fsp3) is 0.545. The van der Waals surface area contributed by atoms with Crippen molar-refractivity contribution in [3.63, 3.8) is 0 Å². The predicted octanol–water partition coefficient (Wildman–Crippen LogP) is 6.32. The SMILES string of the molecule is CCCCc1ccc(N(C)c2nc(OC3CCCCC3)ncc2C(F)(F)F)cc1. The van der Waals surface area contributed by atoms with Crippen LogP contribution in [0.3, 0.4) is 0 Å². The number of unbranched alkanes of at least 4 members (excludes halogenated alkanes) is 1. The van der Waals surface area contributed by atoms with E-state index in [9.17, 15) is 13.2 Å². The van der Waals surface area contributed by atoms with Crippen LogP contribution in [-0.4, -0.2) is 23.1 Å². The summed E-state index contributed by atoms with van der Waals surface area (Å²) < 4.78 is 46.5. The quantitative estimate of drug-likeness (QED) is 0.538. The molecular formula is C22H28F3N3O. The van der Waals surface area contributed by atoms with Crippen molar-refractivity contribution >= 4 is 11.5 Å². The lowest BCUT2D eigenvalue weighted by Gasteiger charge is -2.25. The lowest BCUT2D eigenvalue weighted by molar-refractivity contribution is -0.137. The Hall–Kier alpha value is -2.31. The molecule has 1 heterocycles. The molecule has 1 aliphatic rings. The molecule has 0 spiro atoms. The number of hydrogen-bond acceptors (Lipinski definition) is 4. The lowest BCUT2D eigenvalue weighted by atomic mass is 9.98. The average molecular weight is 407 g/mol. The summed E-state index contributed by atoms with van der Waals surface area (Å²) in [6, 6.07) is 7.57. The Morgan fingerprint density at radius 1 is 1.10 bits per heavy atom. The van der Waals surface area contributed by atoms with E-state index in [-0.39, 0.29) is 17.9 Å². The molecule has 0 aliphatic heterocycles. The molecule has 1 fully saturated rings. The van der Waals surface area contributed by atoms with Crippen molar-refractivity contribution in [2.75, 3.05) is 11.9 Å². The van der Waals surface area contributed by atoms with Gasteiger partial charge in [0, 0.05) is 18.9 Å². The van der Waals surface area contributed by atoms with Gasteiger partial charge in [-0.2, -0.15) is 18.2 Å². The first kappa shape index (κ1) is 21.4. The highest BCUT2D eigenvalue weighted by Crippen LogP contribution is 2.38. The molecule has 7 heteroatoms. The molecule has 1 aromatic carbocycles. The van der Waals surface area contributed by atoms with Gasteiger partial charge in [0.05, 0.1) is 0 Å². The van der Waals surface area contributed by atoms with Gasteiger partial charge in [-0.3, -0.25) is 0 Å². The van der Waals surface area contributed by atoms with Gasteiger partial charge in [-0.25, -0.2) is 4.98 Å². The molecule has 0 amide bonds. The average Bonchev–Trinajstić information content (AvgIpc) is 2.72. The number of aromatic nitrogens is 2. The van der Waals surface area contributed by atoms with E-state index in [1.54, 1.807) is 7.05 Å². The smallest absolute Gasteiger partial charge is 0.421 e. The Labute approximate surface area is 170 Å². The van der Waals surface area contributed by atoms with Crippen LogP contribution in [0.1, 0.15) is 63.0 Å². The molecule has 3 rings (SSSR count). The second kappa shape index (κ2) is 9.46. The van der Waals surface area contributed by atoms with Crippen LogP contribution in [0.25, 0.3) is 0 Å². The fourth-order valence-electron chi connectivity index (χ4n) is 3.59. The molecule has 0 unspecified atom stereocenters. The standard InChI is InChI=1S/C22H28F3N3O/c1-3-4-8-16-11-13-17(14-12-16)28(2)20-19(22(23,24)25)15-26-21(27-20)29-18-9-6-5-7-10-18/h11-15,18H,3-10H2,1-2H3.